The molecule has 0 aliphatic rings. The van der Waals surface area contributed by atoms with Crippen LogP contribution in [0.25, 0.3) is 0 Å². The lowest BCUT2D eigenvalue weighted by Gasteiger charge is -2.03. The number of hydrogen-bond donors (Lipinski definition) is 0. The van der Waals surface area contributed by atoms with E-state index in [0.717, 1.165) is 32.8 Å². The first-order chi connectivity index (χ1) is 6.91. The molecule has 0 aromatic rings. The molecule has 0 heterocycles. The van der Waals surface area contributed by atoms with E-state index < -0.39 is 0 Å². The summed E-state index contributed by atoms with van der Waals surface area (Å²) in [6.45, 7) is 8.82. The summed E-state index contributed by atoms with van der Waals surface area (Å²) in [4.78, 5) is 0. The van der Waals surface area contributed by atoms with Gasteiger partial charge in [0.1, 0.15) is 0 Å². The lowest BCUT2D eigenvalue weighted by Crippen LogP contribution is -2.04. The van der Waals surface area contributed by atoms with Crippen LogP contribution >= 0.6 is 0 Å². The number of allylic oxidation sites excluding steroid dienone is 1. The molecule has 0 N–H and O–H groups in total. The Kier molecular flexibility index (Phi) is 12.4. The Labute approximate surface area is 88.3 Å². The zero-order chi connectivity index (χ0) is 10.5. The minimum Gasteiger partial charge on any atom is -0.379 e. The van der Waals surface area contributed by atoms with Crippen molar-refractivity contribution in [1.29, 1.82) is 0 Å². The Hall–Kier alpha value is -0.340. The van der Waals surface area contributed by atoms with Crippen LogP contribution in [0.1, 0.15) is 39.0 Å². The van der Waals surface area contributed by atoms with Gasteiger partial charge in [0.25, 0.3) is 0 Å². The van der Waals surface area contributed by atoms with E-state index in [1.807, 2.05) is 13.0 Å². The first kappa shape index (κ1) is 13.7. The normalized spacial score (nSPS) is 10.4. The van der Waals surface area contributed by atoms with Crippen molar-refractivity contribution in [3.63, 3.8) is 0 Å². The minimum absolute atomic E-state index is 0.729. The van der Waals surface area contributed by atoms with Gasteiger partial charge in [0.2, 0.25) is 0 Å². The van der Waals surface area contributed by atoms with Crippen molar-refractivity contribution < 1.29 is 9.47 Å². The summed E-state index contributed by atoms with van der Waals surface area (Å²) in [7, 11) is 0. The lowest BCUT2D eigenvalue weighted by molar-refractivity contribution is 0.0513. The monoisotopic (exact) mass is 200 g/mol. The number of rotatable bonds is 11. The summed E-state index contributed by atoms with van der Waals surface area (Å²) in [5.41, 5.74) is 0. The average Bonchev–Trinajstić information content (AvgIpc) is 2.21. The maximum atomic E-state index is 5.40. The van der Waals surface area contributed by atoms with E-state index in [2.05, 4.69) is 6.58 Å². The highest BCUT2D eigenvalue weighted by molar-refractivity contribution is 4.65. The highest BCUT2D eigenvalue weighted by Crippen LogP contribution is 2.03. The molecule has 0 amide bonds. The summed E-state index contributed by atoms with van der Waals surface area (Å²) in [5.74, 6) is 0. The molecule has 0 aromatic heterocycles. The molecule has 0 radical (unpaired) electrons. The highest BCUT2D eigenvalue weighted by Gasteiger charge is 1.90. The molecule has 2 nitrogen and oxygen atoms in total. The van der Waals surface area contributed by atoms with Gasteiger partial charge in [-0.15, -0.1) is 6.58 Å². The van der Waals surface area contributed by atoms with Gasteiger partial charge in [0, 0.05) is 13.2 Å². The summed E-state index contributed by atoms with van der Waals surface area (Å²) >= 11 is 0. The van der Waals surface area contributed by atoms with E-state index in [-0.39, 0.29) is 0 Å². The van der Waals surface area contributed by atoms with Crippen LogP contribution in [0.5, 0.6) is 0 Å². The third-order valence-electron chi connectivity index (χ3n) is 2.02. The Morgan fingerprint density at radius 1 is 0.929 bits per heavy atom. The van der Waals surface area contributed by atoms with Crippen LogP contribution < -0.4 is 0 Å². The van der Waals surface area contributed by atoms with Crippen LogP contribution in [0.3, 0.4) is 0 Å². The zero-order valence-corrected chi connectivity index (χ0v) is 9.46. The van der Waals surface area contributed by atoms with E-state index in [4.69, 9.17) is 9.47 Å². The quantitative estimate of drug-likeness (QED) is 0.377. The van der Waals surface area contributed by atoms with Gasteiger partial charge in [-0.25, -0.2) is 0 Å². The second kappa shape index (κ2) is 12.7. The molecular formula is C12H24O2. The summed E-state index contributed by atoms with van der Waals surface area (Å²) in [6, 6.07) is 0. The van der Waals surface area contributed by atoms with Crippen LogP contribution in [0.15, 0.2) is 12.7 Å². The molecule has 2 heteroatoms. The molecule has 84 valence electrons. The Balaban J connectivity index is 2.81. The Bertz CT molecular complexity index is 113. The molecule has 0 unspecified atom stereocenters. The first-order valence-electron chi connectivity index (χ1n) is 5.68. The molecule has 0 aliphatic heterocycles. The molecule has 0 rings (SSSR count). The van der Waals surface area contributed by atoms with Crippen LogP contribution in [0.4, 0.5) is 0 Å². The number of unbranched alkanes of at least 4 members (excludes halogenated alkanes) is 4. The molecule has 0 aliphatic carbocycles. The lowest BCUT2D eigenvalue weighted by atomic mass is 10.1. The summed E-state index contributed by atoms with van der Waals surface area (Å²) in [6.07, 6.45) is 8.12. The van der Waals surface area contributed by atoms with Crippen LogP contribution in [0, 0.1) is 0 Å². The third-order valence-corrected chi connectivity index (χ3v) is 2.02. The van der Waals surface area contributed by atoms with Crippen molar-refractivity contribution in [2.75, 3.05) is 26.4 Å². The molecule has 0 saturated carbocycles. The van der Waals surface area contributed by atoms with Crippen molar-refractivity contribution in [2.45, 2.75) is 39.0 Å². The van der Waals surface area contributed by atoms with Crippen LogP contribution in [-0.4, -0.2) is 26.4 Å². The largest absolute Gasteiger partial charge is 0.379 e. The topological polar surface area (TPSA) is 18.5 Å². The second-order valence-corrected chi connectivity index (χ2v) is 3.30. The fourth-order valence-electron chi connectivity index (χ4n) is 1.21. The van der Waals surface area contributed by atoms with Crippen molar-refractivity contribution in [2.24, 2.45) is 0 Å². The standard InChI is InChI=1S/C12H24O2/c1-3-5-6-7-8-9-10-14-12-11-13-4-2/h3H,1,4-12H2,2H3. The van der Waals surface area contributed by atoms with E-state index >= 15 is 0 Å². The highest BCUT2D eigenvalue weighted by atomic mass is 16.5. The van der Waals surface area contributed by atoms with Gasteiger partial charge in [-0.2, -0.15) is 0 Å². The number of ether oxygens (including phenoxy) is 2. The van der Waals surface area contributed by atoms with E-state index in [1.54, 1.807) is 0 Å². The molecule has 14 heavy (non-hydrogen) atoms. The van der Waals surface area contributed by atoms with Gasteiger partial charge in [-0.1, -0.05) is 18.9 Å². The molecule has 0 aromatic carbocycles. The Morgan fingerprint density at radius 2 is 1.64 bits per heavy atom. The summed E-state index contributed by atoms with van der Waals surface area (Å²) < 4.78 is 10.6. The van der Waals surface area contributed by atoms with Crippen molar-refractivity contribution >= 4 is 0 Å². The molecular weight excluding hydrogens is 176 g/mol. The predicted octanol–water partition coefficient (Wildman–Crippen LogP) is 3.18. The molecule has 0 bridgehead atoms. The molecule has 0 fully saturated rings. The van der Waals surface area contributed by atoms with Crippen LogP contribution in [-0.2, 0) is 9.47 Å². The molecule has 0 spiro atoms. The van der Waals surface area contributed by atoms with Crippen molar-refractivity contribution in [3.8, 4) is 0 Å². The fraction of sp³-hybridized carbons (Fsp3) is 0.833. The maximum Gasteiger partial charge on any atom is 0.0700 e. The van der Waals surface area contributed by atoms with Crippen molar-refractivity contribution in [1.82, 2.24) is 0 Å². The van der Waals surface area contributed by atoms with Gasteiger partial charge in [0.05, 0.1) is 13.2 Å². The van der Waals surface area contributed by atoms with E-state index in [0.29, 0.717) is 0 Å². The summed E-state index contributed by atoms with van der Waals surface area (Å²) in [5, 5.41) is 0. The third kappa shape index (κ3) is 11.7. The maximum absolute atomic E-state index is 5.40. The SMILES string of the molecule is C=CCCCCCCOCCOCC. The van der Waals surface area contributed by atoms with Crippen molar-refractivity contribution in [3.05, 3.63) is 12.7 Å². The fourth-order valence-corrected chi connectivity index (χ4v) is 1.21. The van der Waals surface area contributed by atoms with E-state index in [9.17, 15) is 0 Å². The Morgan fingerprint density at radius 3 is 2.36 bits per heavy atom. The van der Waals surface area contributed by atoms with Gasteiger partial charge in [-0.05, 0) is 26.2 Å². The molecule has 0 saturated heterocycles. The second-order valence-electron chi connectivity index (χ2n) is 3.30. The van der Waals surface area contributed by atoms with Gasteiger partial charge >= 0.3 is 0 Å². The average molecular weight is 200 g/mol. The first-order valence-corrected chi connectivity index (χ1v) is 5.68. The zero-order valence-electron chi connectivity index (χ0n) is 9.46. The van der Waals surface area contributed by atoms with Gasteiger partial charge in [-0.3, -0.25) is 0 Å². The predicted molar refractivity (Wildman–Crippen MR) is 60.6 cm³/mol. The van der Waals surface area contributed by atoms with Crippen LogP contribution in [0.2, 0.25) is 0 Å². The van der Waals surface area contributed by atoms with Gasteiger partial charge in [0.15, 0.2) is 0 Å². The number of hydrogen-bond acceptors (Lipinski definition) is 2. The smallest absolute Gasteiger partial charge is 0.0700 e. The minimum atomic E-state index is 0.729. The molecule has 0 atom stereocenters. The van der Waals surface area contributed by atoms with Gasteiger partial charge < -0.3 is 9.47 Å². The van der Waals surface area contributed by atoms with E-state index in [1.165, 1.54) is 25.7 Å².